The highest BCUT2D eigenvalue weighted by Gasteiger charge is 2.23. The fourth-order valence-electron chi connectivity index (χ4n) is 14.5. The van der Waals surface area contributed by atoms with E-state index in [9.17, 15) is 0 Å². The van der Waals surface area contributed by atoms with E-state index in [4.69, 9.17) is 20.0 Å². The Balaban J connectivity index is 0.000000224. The average molecular weight is 1810 g/mol. The Kier molecular flexibility index (Phi) is 42.8. The number of rotatable bonds is 22. The standard InChI is InChI=1S/C28H40N2.C24H32N2.C22H28N2.C18H20N2.2C16H16N2/c1-17(2)23-13-11-14-24(18(3)4)27(23)29-21(9)22(10)30-28-25(19(5)6)15-12-16-26(28)20(7)8;1-17(25-21-15-11-9-13-19(21)23(3,4)5)18(2)26-22-16-12-10-14-20(22)24(6,7)8;1-21(2,3)17-11-7-9-13-19(17)23-15-16-24-20-14-10-8-12-18(20)22(4,5)6;1-13-9-5-7-11-17(13)19-15(3)16(4)20-18-12-8-6-10-14(18)2;1-13-7-3-5-9-15(13)17-11-12-18-16-10-6-4-8-14(16)2;1-13(17-15-9-5-3-6-10-15)14(2)18-16-11-7-4-8-12-16/h11-20H,1-10H3;9-16H,1-8H3;7-16H,1-6H3;5-12H,1-4H3;2*3-12H,1-2H3. The lowest BCUT2D eigenvalue weighted by atomic mass is 9.86. The molecule has 0 atom stereocenters. The van der Waals surface area contributed by atoms with Crippen molar-refractivity contribution in [2.45, 2.75) is 267 Å². The van der Waals surface area contributed by atoms with Crippen molar-refractivity contribution in [1.82, 2.24) is 0 Å². The van der Waals surface area contributed by atoms with Crippen LogP contribution in [0.15, 0.2) is 351 Å². The van der Waals surface area contributed by atoms with Crippen molar-refractivity contribution < 1.29 is 0 Å². The van der Waals surface area contributed by atoms with Gasteiger partial charge in [-0.2, -0.15) is 0 Å². The average Bonchev–Trinajstić information content (AvgIpc) is 0.687. The third kappa shape index (κ3) is 35.5. The quantitative estimate of drug-likeness (QED) is 0.0595. The fourth-order valence-corrected chi connectivity index (χ4v) is 14.5. The van der Waals surface area contributed by atoms with E-state index in [1.807, 2.05) is 237 Å². The molecule has 0 fully saturated rings. The van der Waals surface area contributed by atoms with Crippen LogP contribution in [0, 0.1) is 27.7 Å². The summed E-state index contributed by atoms with van der Waals surface area (Å²) >= 11 is 0. The van der Waals surface area contributed by atoms with Gasteiger partial charge in [0, 0.05) is 24.9 Å². The molecular formula is C124H152N12. The Morgan fingerprint density at radius 1 is 0.191 bits per heavy atom. The molecule has 0 unspecified atom stereocenters. The maximum Gasteiger partial charge on any atom is 0.0702 e. The Morgan fingerprint density at radius 3 is 0.618 bits per heavy atom. The Bertz CT molecular complexity index is 5830. The monoisotopic (exact) mass is 1810 g/mol. The number of hydrogen-bond acceptors (Lipinski definition) is 12. The predicted octanol–water partition coefficient (Wildman–Crippen LogP) is 36.8. The SMILES string of the molecule is CC(=Nc1c(C(C)C)cccc1C(C)C)C(C)=Nc1c(C(C)C)cccc1C(C)C.CC(=Nc1ccccc1)C(C)=Nc1ccccc1.CC(=Nc1ccccc1C(C)(C)C)C(C)=Nc1ccccc1C(C)(C)C.CC(=Nc1ccccc1C)C(C)=Nc1ccccc1C.CC(C)(C)c1ccccc1N=CC=Nc1ccccc1C(C)(C)C.Cc1ccccc1N=CC=Nc1ccccc1C. The summed E-state index contributed by atoms with van der Waals surface area (Å²) in [5.41, 5.74) is 35.0. The number of benzene rings is 12. The van der Waals surface area contributed by atoms with Crippen molar-refractivity contribution in [3.05, 3.63) is 358 Å². The molecular weight excluding hydrogens is 1660 g/mol. The van der Waals surface area contributed by atoms with Crippen LogP contribution in [-0.4, -0.2) is 70.6 Å². The van der Waals surface area contributed by atoms with Crippen LogP contribution in [0.4, 0.5) is 68.2 Å². The van der Waals surface area contributed by atoms with Gasteiger partial charge in [0.15, 0.2) is 0 Å². The van der Waals surface area contributed by atoms with Crippen molar-refractivity contribution in [1.29, 1.82) is 0 Å². The minimum atomic E-state index is 0.0598. The summed E-state index contributed by atoms with van der Waals surface area (Å²) in [6, 6.07) is 98.6. The number of para-hydroxylation sites is 12. The molecule has 0 aromatic heterocycles. The van der Waals surface area contributed by atoms with Gasteiger partial charge < -0.3 is 0 Å². The molecule has 0 radical (unpaired) electrons. The number of nitrogens with zero attached hydrogens (tertiary/aromatic N) is 12. The number of aryl methyl sites for hydroxylation is 4. The second-order valence-electron chi connectivity index (χ2n) is 39.8. The van der Waals surface area contributed by atoms with Crippen molar-refractivity contribution in [3.8, 4) is 0 Å². The van der Waals surface area contributed by atoms with E-state index in [1.165, 1.54) is 55.6 Å². The van der Waals surface area contributed by atoms with Crippen LogP contribution in [0.5, 0.6) is 0 Å². The number of aliphatic imine (C=N–C) groups is 12. The van der Waals surface area contributed by atoms with Crippen LogP contribution < -0.4 is 0 Å². The van der Waals surface area contributed by atoms with E-state index in [1.54, 1.807) is 24.9 Å². The predicted molar refractivity (Wildman–Crippen MR) is 602 cm³/mol. The summed E-state index contributed by atoms with van der Waals surface area (Å²) in [7, 11) is 0. The zero-order valence-electron chi connectivity index (χ0n) is 87.7. The van der Waals surface area contributed by atoms with E-state index in [-0.39, 0.29) is 21.7 Å². The first kappa shape index (κ1) is 110. The van der Waals surface area contributed by atoms with Crippen molar-refractivity contribution in [2.75, 3.05) is 0 Å². The molecule has 136 heavy (non-hydrogen) atoms. The summed E-state index contributed by atoms with van der Waals surface area (Å²) < 4.78 is 0. The van der Waals surface area contributed by atoms with E-state index in [0.29, 0.717) is 23.7 Å². The molecule has 0 spiro atoms. The highest BCUT2D eigenvalue weighted by Crippen LogP contribution is 2.40. The second-order valence-corrected chi connectivity index (χ2v) is 39.8. The van der Waals surface area contributed by atoms with Crippen molar-refractivity contribution in [3.63, 3.8) is 0 Å². The van der Waals surface area contributed by atoms with Gasteiger partial charge in [0.1, 0.15) is 0 Å². The van der Waals surface area contributed by atoms with Gasteiger partial charge in [-0.1, -0.05) is 357 Å². The summed E-state index contributed by atoms with van der Waals surface area (Å²) in [5.74, 6) is 1.73. The first-order valence-corrected chi connectivity index (χ1v) is 47.9. The van der Waals surface area contributed by atoms with E-state index < -0.39 is 0 Å². The maximum atomic E-state index is 5.13. The molecule has 12 heteroatoms. The topological polar surface area (TPSA) is 148 Å². The smallest absolute Gasteiger partial charge is 0.0702 e. The molecule has 12 nitrogen and oxygen atoms in total. The minimum absolute atomic E-state index is 0.0598. The largest absolute Gasteiger partial charge is 0.255 e. The first-order valence-electron chi connectivity index (χ1n) is 47.9. The van der Waals surface area contributed by atoms with Crippen LogP contribution in [0.3, 0.4) is 0 Å². The van der Waals surface area contributed by atoms with Gasteiger partial charge in [-0.15, -0.1) is 0 Å². The van der Waals surface area contributed by atoms with E-state index >= 15 is 0 Å². The normalized spacial score (nSPS) is 12.9. The molecule has 12 aromatic rings. The first-order chi connectivity index (χ1) is 64.3. The molecule has 0 aliphatic carbocycles. The highest BCUT2D eigenvalue weighted by atomic mass is 14.9. The Morgan fingerprint density at radius 2 is 0.375 bits per heavy atom. The van der Waals surface area contributed by atoms with Crippen molar-refractivity contribution >= 4 is 139 Å². The van der Waals surface area contributed by atoms with Gasteiger partial charge in [0.2, 0.25) is 0 Å². The van der Waals surface area contributed by atoms with Gasteiger partial charge in [0.25, 0.3) is 0 Å². The third-order valence-corrected chi connectivity index (χ3v) is 22.9. The second kappa shape index (κ2) is 53.1. The van der Waals surface area contributed by atoms with Gasteiger partial charge in [-0.25, -0.2) is 0 Å². The summed E-state index contributed by atoms with van der Waals surface area (Å²) in [4.78, 5) is 56.4. The molecule has 0 aliphatic rings. The molecule has 0 saturated carbocycles. The number of hydrogen-bond donors (Lipinski definition) is 0. The molecule has 12 aromatic carbocycles. The summed E-state index contributed by atoms with van der Waals surface area (Å²) in [6.07, 6.45) is 7.03. The van der Waals surface area contributed by atoms with E-state index in [2.05, 4.69) is 315 Å². The van der Waals surface area contributed by atoms with Gasteiger partial charge >= 0.3 is 0 Å². The van der Waals surface area contributed by atoms with Crippen LogP contribution in [0.2, 0.25) is 0 Å². The Labute approximate surface area is 818 Å². The molecule has 0 aliphatic heterocycles. The summed E-state index contributed by atoms with van der Waals surface area (Å²) in [5, 5.41) is 0. The zero-order chi connectivity index (χ0) is 100. The lowest BCUT2D eigenvalue weighted by Gasteiger charge is -2.22. The van der Waals surface area contributed by atoms with Crippen LogP contribution in [0.1, 0.15) is 284 Å². The van der Waals surface area contributed by atoms with Crippen LogP contribution >= 0.6 is 0 Å². The van der Waals surface area contributed by atoms with Gasteiger partial charge in [-0.3, -0.25) is 59.9 Å². The molecule has 0 amide bonds. The lowest BCUT2D eigenvalue weighted by molar-refractivity contribution is 0.591. The molecule has 0 N–H and O–H groups in total. The molecule has 0 saturated heterocycles. The third-order valence-electron chi connectivity index (χ3n) is 22.9. The van der Waals surface area contributed by atoms with Gasteiger partial charge in [-0.05, 0) is 268 Å². The summed E-state index contributed by atoms with van der Waals surface area (Å²) in [6.45, 7) is 68.9. The van der Waals surface area contributed by atoms with Crippen LogP contribution in [-0.2, 0) is 21.7 Å². The molecule has 0 heterocycles. The van der Waals surface area contributed by atoms with Crippen molar-refractivity contribution in [2.24, 2.45) is 59.9 Å². The molecule has 0 bridgehead atoms. The highest BCUT2D eigenvalue weighted by molar-refractivity contribution is 6.43. The van der Waals surface area contributed by atoms with Gasteiger partial charge in [0.05, 0.1) is 114 Å². The minimum Gasteiger partial charge on any atom is -0.255 e. The lowest BCUT2D eigenvalue weighted by Crippen LogP contribution is -2.13. The molecule has 12 rings (SSSR count). The maximum absolute atomic E-state index is 5.13. The molecule has 708 valence electrons. The Hall–Kier alpha value is -13.3. The van der Waals surface area contributed by atoms with E-state index in [0.717, 1.165) is 125 Å². The fraction of sp³-hybridized carbons (Fsp3) is 0.323. The zero-order valence-corrected chi connectivity index (χ0v) is 87.7. The van der Waals surface area contributed by atoms with Crippen LogP contribution in [0.25, 0.3) is 0 Å².